The van der Waals surface area contributed by atoms with Crippen molar-refractivity contribution in [2.75, 3.05) is 32.5 Å². The minimum absolute atomic E-state index is 0.00370. The Hall–Kier alpha value is -1.88. The van der Waals surface area contributed by atoms with Crippen molar-refractivity contribution in [2.24, 2.45) is 11.8 Å². The van der Waals surface area contributed by atoms with E-state index in [2.05, 4.69) is 15.5 Å². The van der Waals surface area contributed by atoms with Crippen molar-refractivity contribution in [2.45, 2.75) is 26.7 Å². The summed E-state index contributed by atoms with van der Waals surface area (Å²) in [4.78, 5) is 26.3. The number of aryl methyl sites for hydroxylation is 2. The van der Waals surface area contributed by atoms with Gasteiger partial charge in [-0.3, -0.25) is 9.59 Å². The van der Waals surface area contributed by atoms with E-state index in [0.29, 0.717) is 13.0 Å². The Balaban J connectivity index is 1.75. The Bertz CT molecular complexity index is 584. The van der Waals surface area contributed by atoms with Gasteiger partial charge in [-0.05, 0) is 70.6 Å². The number of nitrogens with zero attached hydrogens (tertiary/aromatic N) is 1. The number of anilines is 1. The molecule has 0 spiro atoms. The van der Waals surface area contributed by atoms with Crippen LogP contribution in [0.1, 0.15) is 24.0 Å². The van der Waals surface area contributed by atoms with Gasteiger partial charge in [0.05, 0.1) is 11.8 Å². The highest BCUT2D eigenvalue weighted by atomic mass is 16.2. The van der Waals surface area contributed by atoms with Gasteiger partial charge >= 0.3 is 0 Å². The van der Waals surface area contributed by atoms with Gasteiger partial charge in [0.1, 0.15) is 0 Å². The summed E-state index contributed by atoms with van der Waals surface area (Å²) >= 11 is 0. The fourth-order valence-corrected chi connectivity index (χ4v) is 2.57. The number of nitrogens with one attached hydrogen (secondary N) is 2. The number of benzene rings is 1. The quantitative estimate of drug-likeness (QED) is 0.756. The highest BCUT2D eigenvalue weighted by Crippen LogP contribution is 2.39. The number of hydrogen-bond acceptors (Lipinski definition) is 3. The summed E-state index contributed by atoms with van der Waals surface area (Å²) in [6.07, 6.45) is 1.57. The minimum atomic E-state index is -0.189. The molecular weight excluding hydrogens is 290 g/mol. The zero-order valence-electron chi connectivity index (χ0n) is 14.5. The van der Waals surface area contributed by atoms with E-state index in [-0.39, 0.29) is 23.7 Å². The van der Waals surface area contributed by atoms with Gasteiger partial charge in [0.2, 0.25) is 11.8 Å². The van der Waals surface area contributed by atoms with E-state index >= 15 is 0 Å². The lowest BCUT2D eigenvalue weighted by molar-refractivity contribution is -0.125. The van der Waals surface area contributed by atoms with E-state index < -0.39 is 0 Å². The molecule has 1 aliphatic carbocycles. The first-order chi connectivity index (χ1) is 10.9. The summed E-state index contributed by atoms with van der Waals surface area (Å²) in [6.45, 7) is 5.67. The lowest BCUT2D eigenvalue weighted by atomic mass is 10.1. The van der Waals surface area contributed by atoms with Gasteiger partial charge in [-0.2, -0.15) is 0 Å². The molecule has 5 nitrogen and oxygen atoms in total. The molecule has 0 saturated heterocycles. The van der Waals surface area contributed by atoms with Crippen LogP contribution in [0.25, 0.3) is 0 Å². The van der Waals surface area contributed by atoms with Crippen LogP contribution < -0.4 is 10.6 Å². The van der Waals surface area contributed by atoms with E-state index in [1.165, 1.54) is 5.56 Å². The predicted molar refractivity (Wildman–Crippen MR) is 92.3 cm³/mol. The molecule has 1 aliphatic rings. The molecule has 0 radical (unpaired) electrons. The van der Waals surface area contributed by atoms with Crippen molar-refractivity contribution >= 4 is 17.5 Å². The molecule has 0 bridgehead atoms. The molecule has 0 heterocycles. The van der Waals surface area contributed by atoms with Crippen LogP contribution in [0.15, 0.2) is 18.2 Å². The third-order valence-corrected chi connectivity index (χ3v) is 4.32. The first-order valence-electron chi connectivity index (χ1n) is 8.19. The molecule has 126 valence electrons. The topological polar surface area (TPSA) is 61.4 Å². The maximum absolute atomic E-state index is 12.2. The Morgan fingerprint density at radius 2 is 1.83 bits per heavy atom. The summed E-state index contributed by atoms with van der Waals surface area (Å²) in [5.41, 5.74) is 3.15. The number of rotatable bonds is 7. The van der Waals surface area contributed by atoms with Crippen LogP contribution >= 0.6 is 0 Å². The summed E-state index contributed by atoms with van der Waals surface area (Å²) in [5, 5.41) is 5.83. The van der Waals surface area contributed by atoms with Crippen LogP contribution in [-0.2, 0) is 9.59 Å². The summed E-state index contributed by atoms with van der Waals surface area (Å²) in [7, 11) is 4.02. The lowest BCUT2D eigenvalue weighted by Crippen LogP contribution is -2.30. The molecule has 2 atom stereocenters. The van der Waals surface area contributed by atoms with Crippen molar-refractivity contribution in [3.05, 3.63) is 29.3 Å². The third kappa shape index (κ3) is 5.06. The van der Waals surface area contributed by atoms with Crippen LogP contribution in [0.2, 0.25) is 0 Å². The number of hydrogen-bond donors (Lipinski definition) is 2. The second kappa shape index (κ2) is 7.59. The first kappa shape index (κ1) is 17.5. The second-order valence-electron chi connectivity index (χ2n) is 6.68. The molecule has 0 aliphatic heterocycles. The zero-order chi connectivity index (χ0) is 17.0. The van der Waals surface area contributed by atoms with Crippen molar-refractivity contribution < 1.29 is 9.59 Å². The average Bonchev–Trinajstić information content (AvgIpc) is 3.27. The van der Waals surface area contributed by atoms with Crippen molar-refractivity contribution in [3.8, 4) is 0 Å². The maximum atomic E-state index is 12.2. The van der Waals surface area contributed by atoms with Gasteiger partial charge in [0.25, 0.3) is 0 Å². The molecule has 23 heavy (non-hydrogen) atoms. The second-order valence-corrected chi connectivity index (χ2v) is 6.68. The van der Waals surface area contributed by atoms with Crippen molar-refractivity contribution in [1.82, 2.24) is 10.2 Å². The van der Waals surface area contributed by atoms with E-state index in [4.69, 9.17) is 0 Å². The normalized spacial score (nSPS) is 19.5. The maximum Gasteiger partial charge on any atom is 0.228 e. The Morgan fingerprint density at radius 3 is 2.48 bits per heavy atom. The number of carbonyl (C=O) groups is 2. The Kier molecular flexibility index (Phi) is 5.77. The highest BCUT2D eigenvalue weighted by Gasteiger charge is 2.47. The van der Waals surface area contributed by atoms with Crippen molar-refractivity contribution in [3.63, 3.8) is 0 Å². The highest BCUT2D eigenvalue weighted by molar-refractivity contribution is 5.99. The summed E-state index contributed by atoms with van der Waals surface area (Å²) < 4.78 is 0. The van der Waals surface area contributed by atoms with Crippen LogP contribution in [0.4, 0.5) is 5.69 Å². The summed E-state index contributed by atoms with van der Waals surface area (Å²) in [5.74, 6) is -0.406. The molecule has 2 rings (SSSR count). The van der Waals surface area contributed by atoms with Crippen LogP contribution in [0.5, 0.6) is 0 Å². The third-order valence-electron chi connectivity index (χ3n) is 4.32. The first-order valence-corrected chi connectivity index (χ1v) is 8.19. The average molecular weight is 317 g/mol. The van der Waals surface area contributed by atoms with Gasteiger partial charge < -0.3 is 15.5 Å². The molecule has 5 heteroatoms. The van der Waals surface area contributed by atoms with Gasteiger partial charge in [-0.25, -0.2) is 0 Å². The van der Waals surface area contributed by atoms with E-state index in [0.717, 1.165) is 24.2 Å². The minimum Gasteiger partial charge on any atom is -0.356 e. The zero-order valence-corrected chi connectivity index (χ0v) is 14.5. The van der Waals surface area contributed by atoms with E-state index in [9.17, 15) is 9.59 Å². The molecule has 1 saturated carbocycles. The van der Waals surface area contributed by atoms with E-state index in [1.54, 1.807) is 0 Å². The Morgan fingerprint density at radius 1 is 1.13 bits per heavy atom. The molecule has 2 N–H and O–H groups in total. The standard InChI is InChI=1S/C18H27N3O2/c1-12-6-7-14(10-13(12)2)20-18(23)16-11-15(16)17(22)19-8-5-9-21(3)4/h6-7,10,15-16H,5,8-9,11H2,1-4H3,(H,19,22)(H,20,23). The molecule has 2 unspecified atom stereocenters. The van der Waals surface area contributed by atoms with Gasteiger partial charge in [-0.1, -0.05) is 6.07 Å². The van der Waals surface area contributed by atoms with Crippen LogP contribution in [0.3, 0.4) is 0 Å². The molecule has 1 fully saturated rings. The lowest BCUT2D eigenvalue weighted by Gasteiger charge is -2.10. The van der Waals surface area contributed by atoms with Crippen molar-refractivity contribution in [1.29, 1.82) is 0 Å². The molecule has 1 aromatic carbocycles. The van der Waals surface area contributed by atoms with E-state index in [1.807, 2.05) is 46.1 Å². The fraction of sp³-hybridized carbons (Fsp3) is 0.556. The van der Waals surface area contributed by atoms with Gasteiger partial charge in [0, 0.05) is 12.2 Å². The smallest absolute Gasteiger partial charge is 0.228 e. The molecular formula is C18H27N3O2. The molecule has 2 amide bonds. The fourth-order valence-electron chi connectivity index (χ4n) is 2.57. The monoisotopic (exact) mass is 317 g/mol. The SMILES string of the molecule is Cc1ccc(NC(=O)C2CC2C(=O)NCCCN(C)C)cc1C. The largest absolute Gasteiger partial charge is 0.356 e. The number of carbonyl (C=O) groups excluding carboxylic acids is 2. The van der Waals surface area contributed by atoms with Crippen LogP contribution in [0, 0.1) is 25.7 Å². The van der Waals surface area contributed by atoms with Gasteiger partial charge in [0.15, 0.2) is 0 Å². The van der Waals surface area contributed by atoms with Gasteiger partial charge in [-0.15, -0.1) is 0 Å². The molecule has 1 aromatic rings. The number of amides is 2. The molecule has 0 aromatic heterocycles. The summed E-state index contributed by atoms with van der Waals surface area (Å²) in [6, 6.07) is 5.86. The van der Waals surface area contributed by atoms with Crippen LogP contribution in [-0.4, -0.2) is 43.9 Å². The Labute approximate surface area is 138 Å². The predicted octanol–water partition coefficient (Wildman–Crippen LogP) is 1.95.